The number of nitrogens with one attached hydrogen (secondary N) is 2. The largest absolute Gasteiger partial charge is 0.483 e. The standard InChI is InChI=1S/C23H30N2O3/c1-16(2)22(27)25-18-10-8-9-17(13-18)14-24-21(26)15-28-20-12-7-6-11-19(20)23(3,4)5/h6-13,16H,14-15H2,1-5H3,(H,24,26)(H,25,27). The Morgan fingerprint density at radius 1 is 1.04 bits per heavy atom. The van der Waals surface area contributed by atoms with E-state index < -0.39 is 0 Å². The minimum atomic E-state index is -0.194. The highest BCUT2D eigenvalue weighted by Crippen LogP contribution is 2.30. The van der Waals surface area contributed by atoms with Crippen LogP contribution in [-0.4, -0.2) is 18.4 Å². The van der Waals surface area contributed by atoms with Crippen LogP contribution in [0.25, 0.3) is 0 Å². The quantitative estimate of drug-likeness (QED) is 0.751. The third-order valence-corrected chi connectivity index (χ3v) is 4.26. The summed E-state index contributed by atoms with van der Waals surface area (Å²) in [5.41, 5.74) is 2.63. The Hall–Kier alpha value is -2.82. The topological polar surface area (TPSA) is 67.4 Å². The number of para-hydroxylation sites is 1. The molecule has 0 radical (unpaired) electrons. The highest BCUT2D eigenvalue weighted by Gasteiger charge is 2.18. The number of anilines is 1. The molecular weight excluding hydrogens is 352 g/mol. The molecule has 2 aromatic rings. The summed E-state index contributed by atoms with van der Waals surface area (Å²) in [4.78, 5) is 24.0. The van der Waals surface area contributed by atoms with Crippen LogP contribution in [0.1, 0.15) is 45.7 Å². The first-order chi connectivity index (χ1) is 13.2. The molecule has 0 aliphatic carbocycles. The first-order valence-electron chi connectivity index (χ1n) is 9.55. The number of ether oxygens (including phenoxy) is 1. The van der Waals surface area contributed by atoms with Crippen LogP contribution in [0.5, 0.6) is 5.75 Å². The second kappa shape index (κ2) is 9.40. The molecule has 5 nitrogen and oxygen atoms in total. The summed E-state index contributed by atoms with van der Waals surface area (Å²) < 4.78 is 5.75. The predicted octanol–water partition coefficient (Wildman–Crippen LogP) is 4.27. The van der Waals surface area contributed by atoms with Gasteiger partial charge in [-0.05, 0) is 34.7 Å². The Morgan fingerprint density at radius 3 is 2.43 bits per heavy atom. The number of amides is 2. The van der Waals surface area contributed by atoms with Crippen LogP contribution in [-0.2, 0) is 21.5 Å². The molecule has 0 fully saturated rings. The van der Waals surface area contributed by atoms with E-state index in [0.717, 1.165) is 22.6 Å². The molecule has 0 aliphatic rings. The zero-order chi connectivity index (χ0) is 20.7. The fourth-order valence-electron chi connectivity index (χ4n) is 2.65. The Morgan fingerprint density at radius 2 is 1.75 bits per heavy atom. The van der Waals surface area contributed by atoms with Crippen LogP contribution in [0.2, 0.25) is 0 Å². The van der Waals surface area contributed by atoms with Gasteiger partial charge in [0.05, 0.1) is 0 Å². The van der Waals surface area contributed by atoms with Crippen LogP contribution in [0.4, 0.5) is 5.69 Å². The SMILES string of the molecule is CC(C)C(=O)Nc1cccc(CNC(=O)COc2ccccc2C(C)(C)C)c1. The lowest BCUT2D eigenvalue weighted by atomic mass is 9.86. The Kier molecular flexibility index (Phi) is 7.21. The maximum atomic E-state index is 12.2. The predicted molar refractivity (Wildman–Crippen MR) is 112 cm³/mol. The third kappa shape index (κ3) is 6.41. The molecular formula is C23H30N2O3. The number of carbonyl (C=O) groups is 2. The Balaban J connectivity index is 1.89. The molecule has 0 spiro atoms. The Bertz CT molecular complexity index is 823. The maximum Gasteiger partial charge on any atom is 0.258 e. The van der Waals surface area contributed by atoms with Crippen LogP contribution in [0.3, 0.4) is 0 Å². The first-order valence-corrected chi connectivity index (χ1v) is 9.55. The van der Waals surface area contributed by atoms with Crippen molar-refractivity contribution in [2.75, 3.05) is 11.9 Å². The van der Waals surface area contributed by atoms with E-state index in [1.807, 2.05) is 62.4 Å². The van der Waals surface area contributed by atoms with E-state index in [2.05, 4.69) is 31.4 Å². The summed E-state index contributed by atoms with van der Waals surface area (Å²) in [5, 5.41) is 5.71. The zero-order valence-corrected chi connectivity index (χ0v) is 17.3. The van der Waals surface area contributed by atoms with Crippen molar-refractivity contribution in [1.29, 1.82) is 0 Å². The van der Waals surface area contributed by atoms with Crippen LogP contribution in [0, 0.1) is 5.92 Å². The molecule has 0 unspecified atom stereocenters. The van der Waals surface area contributed by atoms with Gasteiger partial charge in [-0.15, -0.1) is 0 Å². The van der Waals surface area contributed by atoms with Gasteiger partial charge >= 0.3 is 0 Å². The van der Waals surface area contributed by atoms with Crippen molar-refractivity contribution in [3.05, 3.63) is 59.7 Å². The molecule has 2 rings (SSSR count). The van der Waals surface area contributed by atoms with E-state index in [9.17, 15) is 9.59 Å². The van der Waals surface area contributed by atoms with Crippen molar-refractivity contribution >= 4 is 17.5 Å². The molecule has 2 amide bonds. The van der Waals surface area contributed by atoms with E-state index in [-0.39, 0.29) is 29.8 Å². The van der Waals surface area contributed by atoms with E-state index in [0.29, 0.717) is 6.54 Å². The average Bonchev–Trinajstić information content (AvgIpc) is 2.64. The summed E-state index contributed by atoms with van der Waals surface area (Å²) in [5.74, 6) is 0.410. The van der Waals surface area contributed by atoms with Crippen molar-refractivity contribution in [2.45, 2.75) is 46.6 Å². The van der Waals surface area contributed by atoms with Gasteiger partial charge in [0.25, 0.3) is 5.91 Å². The van der Waals surface area contributed by atoms with Crippen LogP contribution in [0.15, 0.2) is 48.5 Å². The van der Waals surface area contributed by atoms with Gasteiger partial charge in [-0.1, -0.05) is 65.0 Å². The fraction of sp³-hybridized carbons (Fsp3) is 0.391. The second-order valence-corrected chi connectivity index (χ2v) is 8.16. The number of rotatable bonds is 7. The summed E-state index contributed by atoms with van der Waals surface area (Å²) in [6.45, 7) is 10.3. The smallest absolute Gasteiger partial charge is 0.258 e. The normalized spacial score (nSPS) is 11.2. The lowest BCUT2D eigenvalue weighted by Gasteiger charge is -2.22. The van der Waals surface area contributed by atoms with Crippen molar-refractivity contribution in [3.63, 3.8) is 0 Å². The van der Waals surface area contributed by atoms with Crippen molar-refractivity contribution in [3.8, 4) is 5.75 Å². The van der Waals surface area contributed by atoms with E-state index >= 15 is 0 Å². The van der Waals surface area contributed by atoms with Crippen molar-refractivity contribution in [1.82, 2.24) is 5.32 Å². The zero-order valence-electron chi connectivity index (χ0n) is 17.3. The molecule has 2 N–H and O–H groups in total. The molecule has 0 heterocycles. The molecule has 0 saturated heterocycles. The average molecular weight is 383 g/mol. The Labute approximate surface area is 167 Å². The highest BCUT2D eigenvalue weighted by atomic mass is 16.5. The minimum absolute atomic E-state index is 0.0351. The van der Waals surface area contributed by atoms with E-state index in [1.165, 1.54) is 0 Å². The lowest BCUT2D eigenvalue weighted by Crippen LogP contribution is -2.29. The third-order valence-electron chi connectivity index (χ3n) is 4.26. The maximum absolute atomic E-state index is 12.2. The van der Waals surface area contributed by atoms with Crippen molar-refractivity contribution < 1.29 is 14.3 Å². The highest BCUT2D eigenvalue weighted by molar-refractivity contribution is 5.92. The molecule has 0 bridgehead atoms. The van der Waals surface area contributed by atoms with Gasteiger partial charge in [-0.2, -0.15) is 0 Å². The lowest BCUT2D eigenvalue weighted by molar-refractivity contribution is -0.123. The van der Waals surface area contributed by atoms with Gasteiger partial charge in [-0.3, -0.25) is 9.59 Å². The number of hydrogen-bond donors (Lipinski definition) is 2. The molecule has 0 atom stereocenters. The molecule has 150 valence electrons. The van der Waals surface area contributed by atoms with Gasteiger partial charge < -0.3 is 15.4 Å². The van der Waals surface area contributed by atoms with Gasteiger partial charge in [-0.25, -0.2) is 0 Å². The number of benzene rings is 2. The number of hydrogen-bond acceptors (Lipinski definition) is 3. The van der Waals surface area contributed by atoms with Gasteiger partial charge in [0.1, 0.15) is 5.75 Å². The molecule has 0 aromatic heterocycles. The van der Waals surface area contributed by atoms with Gasteiger partial charge in [0.2, 0.25) is 5.91 Å². The summed E-state index contributed by atoms with van der Waals surface area (Å²) in [7, 11) is 0. The monoisotopic (exact) mass is 382 g/mol. The first kappa shape index (κ1) is 21.5. The summed E-state index contributed by atoms with van der Waals surface area (Å²) in [6, 6.07) is 15.2. The molecule has 5 heteroatoms. The summed E-state index contributed by atoms with van der Waals surface area (Å²) >= 11 is 0. The molecule has 0 aliphatic heterocycles. The number of carbonyl (C=O) groups excluding carboxylic acids is 2. The second-order valence-electron chi connectivity index (χ2n) is 8.16. The minimum Gasteiger partial charge on any atom is -0.483 e. The van der Waals surface area contributed by atoms with E-state index in [4.69, 9.17) is 4.74 Å². The van der Waals surface area contributed by atoms with Gasteiger partial charge in [0, 0.05) is 18.2 Å². The van der Waals surface area contributed by atoms with Crippen molar-refractivity contribution in [2.24, 2.45) is 5.92 Å². The van der Waals surface area contributed by atoms with Crippen LogP contribution >= 0.6 is 0 Å². The van der Waals surface area contributed by atoms with E-state index in [1.54, 1.807) is 0 Å². The molecule has 0 saturated carbocycles. The fourth-order valence-corrected chi connectivity index (χ4v) is 2.65. The summed E-state index contributed by atoms with van der Waals surface area (Å²) in [6.07, 6.45) is 0. The van der Waals surface area contributed by atoms with Gasteiger partial charge in [0.15, 0.2) is 6.61 Å². The molecule has 2 aromatic carbocycles. The molecule has 28 heavy (non-hydrogen) atoms. The van der Waals surface area contributed by atoms with Crippen LogP contribution < -0.4 is 15.4 Å².